The molecule has 192 valence electrons. The van der Waals surface area contributed by atoms with Crippen molar-refractivity contribution in [3.8, 4) is 5.75 Å². The number of methoxy groups -OCH3 is 1. The zero-order valence-corrected chi connectivity index (χ0v) is 21.2. The van der Waals surface area contributed by atoms with Crippen molar-refractivity contribution < 1.29 is 24.1 Å². The summed E-state index contributed by atoms with van der Waals surface area (Å²) in [6.45, 7) is 2.38. The van der Waals surface area contributed by atoms with Gasteiger partial charge >= 0.3 is 5.97 Å². The molecule has 4 rings (SSSR count). The second-order valence-corrected chi connectivity index (χ2v) is 10.3. The van der Waals surface area contributed by atoms with Crippen molar-refractivity contribution >= 4 is 28.6 Å². The summed E-state index contributed by atoms with van der Waals surface area (Å²) in [6, 6.07) is 12.2. The molecule has 2 aromatic heterocycles. The van der Waals surface area contributed by atoms with Crippen molar-refractivity contribution in [1.82, 2.24) is 14.9 Å². The summed E-state index contributed by atoms with van der Waals surface area (Å²) in [6.07, 6.45) is 3.35. The number of carboxylic acids is 1. The minimum atomic E-state index is -0.794. The van der Waals surface area contributed by atoms with Crippen molar-refractivity contribution in [2.75, 3.05) is 32.5 Å². The number of hydrogen-bond acceptors (Lipinski definition) is 7. The van der Waals surface area contributed by atoms with Crippen LogP contribution < -0.4 is 4.74 Å². The maximum atomic E-state index is 13.3. The molecule has 3 heterocycles. The van der Waals surface area contributed by atoms with Crippen LogP contribution in [-0.4, -0.2) is 63.5 Å². The van der Waals surface area contributed by atoms with E-state index in [2.05, 4.69) is 14.9 Å². The zero-order chi connectivity index (χ0) is 25.5. The van der Waals surface area contributed by atoms with Gasteiger partial charge in [0.25, 0.3) is 0 Å². The molecule has 0 saturated carbocycles. The van der Waals surface area contributed by atoms with Crippen LogP contribution in [-0.2, 0) is 4.79 Å². The summed E-state index contributed by atoms with van der Waals surface area (Å²) in [7, 11) is 1.61. The number of hydrogen-bond donors (Lipinski definition) is 2. The topological polar surface area (TPSA) is 95.8 Å². The fourth-order valence-electron chi connectivity index (χ4n) is 5.04. The van der Waals surface area contributed by atoms with Gasteiger partial charge in [-0.1, -0.05) is 6.07 Å². The predicted molar refractivity (Wildman–Crippen MR) is 138 cm³/mol. The van der Waals surface area contributed by atoms with E-state index in [0.29, 0.717) is 23.7 Å². The molecule has 0 aliphatic carbocycles. The van der Waals surface area contributed by atoms with E-state index in [0.717, 1.165) is 48.2 Å². The zero-order valence-electron chi connectivity index (χ0n) is 20.3. The number of fused-ring (bicyclic) bond motifs is 1. The average Bonchev–Trinajstić information content (AvgIpc) is 2.87. The van der Waals surface area contributed by atoms with Gasteiger partial charge in [0, 0.05) is 36.8 Å². The second kappa shape index (κ2) is 12.5. The van der Waals surface area contributed by atoms with Crippen LogP contribution in [0.2, 0.25) is 0 Å². The van der Waals surface area contributed by atoms with Gasteiger partial charge < -0.3 is 19.8 Å². The van der Waals surface area contributed by atoms with Gasteiger partial charge in [0.05, 0.1) is 23.8 Å². The summed E-state index contributed by atoms with van der Waals surface area (Å²) >= 11 is 1.50. The number of benzene rings is 1. The van der Waals surface area contributed by atoms with E-state index in [9.17, 15) is 19.4 Å². The molecule has 0 radical (unpaired) electrons. The quantitative estimate of drug-likeness (QED) is 0.279. The Hall–Kier alpha value is -2.75. The lowest BCUT2D eigenvalue weighted by Crippen LogP contribution is -2.42. The second-order valence-electron chi connectivity index (χ2n) is 9.23. The minimum absolute atomic E-state index is 0.0232. The summed E-state index contributed by atoms with van der Waals surface area (Å²) in [5.74, 6) is 0.450. The molecular formula is C27H32FN3O4S. The lowest BCUT2D eigenvalue weighted by atomic mass is 9.79. The summed E-state index contributed by atoms with van der Waals surface area (Å²) in [4.78, 5) is 22.1. The molecule has 1 fully saturated rings. The molecule has 3 aromatic rings. The normalized spacial score (nSPS) is 19.3. The van der Waals surface area contributed by atoms with Crippen LogP contribution in [0.1, 0.15) is 37.4 Å². The number of nitrogens with zero attached hydrogens (tertiary/aromatic N) is 3. The average molecular weight is 514 g/mol. The highest BCUT2D eigenvalue weighted by atomic mass is 32.2. The number of pyridine rings is 2. The first-order chi connectivity index (χ1) is 17.4. The molecule has 1 aliphatic rings. The van der Waals surface area contributed by atoms with Gasteiger partial charge in [-0.3, -0.25) is 9.78 Å². The maximum absolute atomic E-state index is 13.3. The minimum Gasteiger partial charge on any atom is -0.497 e. The van der Waals surface area contributed by atoms with Gasteiger partial charge in [-0.05, 0) is 79.6 Å². The van der Waals surface area contributed by atoms with Gasteiger partial charge in [0.2, 0.25) is 5.95 Å². The molecule has 36 heavy (non-hydrogen) atoms. The standard InChI is InChI=1S/C27H32FN3O4S/c1-35-20-6-7-23-22(16-20)21(9-11-29-23)24(32)8-5-18-10-12-31(17-19(18)15-27(33)34)13-14-36-26-4-2-3-25(28)30-26/h2-4,6-7,9,11,16,18-19,24,32H,5,8,10,12-15,17H2,1H3,(H,33,34)/t18-,19+,24?/m1/s1. The third-order valence-corrected chi connectivity index (χ3v) is 7.82. The van der Waals surface area contributed by atoms with Crippen molar-refractivity contribution in [1.29, 1.82) is 0 Å². The summed E-state index contributed by atoms with van der Waals surface area (Å²) < 4.78 is 18.6. The number of carboxylic acid groups (broad SMARTS) is 1. The molecule has 0 bridgehead atoms. The van der Waals surface area contributed by atoms with Gasteiger partial charge in [-0.15, -0.1) is 11.8 Å². The number of rotatable bonds is 11. The van der Waals surface area contributed by atoms with Gasteiger partial charge in [0.1, 0.15) is 5.75 Å². The molecule has 3 atom stereocenters. The largest absolute Gasteiger partial charge is 0.497 e. The molecule has 1 saturated heterocycles. The Labute approximate surface area is 214 Å². The first-order valence-electron chi connectivity index (χ1n) is 12.2. The first kappa shape index (κ1) is 26.3. The number of aliphatic carboxylic acids is 1. The van der Waals surface area contributed by atoms with E-state index < -0.39 is 18.0 Å². The van der Waals surface area contributed by atoms with Crippen molar-refractivity contribution in [3.63, 3.8) is 0 Å². The fourth-order valence-corrected chi connectivity index (χ4v) is 5.92. The Bertz CT molecular complexity index is 1180. The number of carbonyl (C=O) groups is 1. The first-order valence-corrected chi connectivity index (χ1v) is 13.2. The third-order valence-electron chi connectivity index (χ3n) is 6.91. The highest BCUT2D eigenvalue weighted by Crippen LogP contribution is 2.35. The fraction of sp³-hybridized carbons (Fsp3) is 0.444. The van der Waals surface area contributed by atoms with Crippen molar-refractivity contribution in [2.24, 2.45) is 11.8 Å². The number of piperidine rings is 1. The summed E-state index contributed by atoms with van der Waals surface area (Å²) in [5, 5.41) is 22.1. The molecule has 9 heteroatoms. The van der Waals surface area contributed by atoms with E-state index >= 15 is 0 Å². The molecule has 0 amide bonds. The highest BCUT2D eigenvalue weighted by Gasteiger charge is 2.31. The number of ether oxygens (including phenoxy) is 1. The smallest absolute Gasteiger partial charge is 0.303 e. The number of likely N-dealkylation sites (tertiary alicyclic amines) is 1. The number of halogens is 1. The molecule has 1 unspecified atom stereocenters. The lowest BCUT2D eigenvalue weighted by molar-refractivity contribution is -0.139. The SMILES string of the molecule is COc1ccc2nccc(C(O)CC[C@@H]3CCN(CCSc4cccc(F)n4)C[C@@H]3CC(=O)O)c2c1. The Morgan fingerprint density at radius 1 is 1.28 bits per heavy atom. The Balaban J connectivity index is 1.34. The van der Waals surface area contributed by atoms with Crippen molar-refractivity contribution in [2.45, 2.75) is 36.8 Å². The van der Waals surface area contributed by atoms with E-state index in [-0.39, 0.29) is 18.3 Å². The van der Waals surface area contributed by atoms with Crippen LogP contribution >= 0.6 is 11.8 Å². The van der Waals surface area contributed by atoms with Crippen LogP contribution in [0, 0.1) is 17.8 Å². The molecule has 1 aliphatic heterocycles. The van der Waals surface area contributed by atoms with E-state index in [1.54, 1.807) is 25.4 Å². The molecule has 7 nitrogen and oxygen atoms in total. The summed E-state index contributed by atoms with van der Waals surface area (Å²) in [5.41, 5.74) is 1.62. The number of aliphatic hydroxyl groups excluding tert-OH is 1. The highest BCUT2D eigenvalue weighted by molar-refractivity contribution is 7.99. The predicted octanol–water partition coefficient (Wildman–Crippen LogP) is 4.80. The Morgan fingerprint density at radius 3 is 2.92 bits per heavy atom. The van der Waals surface area contributed by atoms with Crippen molar-refractivity contribution in [3.05, 3.63) is 60.2 Å². The maximum Gasteiger partial charge on any atom is 0.303 e. The monoisotopic (exact) mass is 513 g/mol. The van der Waals surface area contributed by atoms with Gasteiger partial charge in [-0.2, -0.15) is 4.39 Å². The number of aromatic nitrogens is 2. The molecular weight excluding hydrogens is 481 g/mol. The third kappa shape index (κ3) is 6.93. The van der Waals surface area contributed by atoms with Crippen LogP contribution in [0.25, 0.3) is 10.9 Å². The Morgan fingerprint density at radius 2 is 2.14 bits per heavy atom. The number of thioether (sulfide) groups is 1. The van der Waals surface area contributed by atoms with Gasteiger partial charge in [-0.25, -0.2) is 4.98 Å². The molecule has 0 spiro atoms. The van der Waals surface area contributed by atoms with E-state index in [1.165, 1.54) is 17.8 Å². The van der Waals surface area contributed by atoms with Gasteiger partial charge in [0.15, 0.2) is 0 Å². The molecule has 1 aromatic carbocycles. The van der Waals surface area contributed by atoms with E-state index in [4.69, 9.17) is 4.74 Å². The molecule has 2 N–H and O–H groups in total. The van der Waals surface area contributed by atoms with Crippen LogP contribution in [0.3, 0.4) is 0 Å². The Kier molecular flexibility index (Phi) is 9.12. The van der Waals surface area contributed by atoms with Crippen LogP contribution in [0.5, 0.6) is 5.75 Å². The van der Waals surface area contributed by atoms with Crippen LogP contribution in [0.15, 0.2) is 53.7 Å². The number of aliphatic hydroxyl groups is 1. The van der Waals surface area contributed by atoms with Crippen LogP contribution in [0.4, 0.5) is 4.39 Å². The lowest BCUT2D eigenvalue weighted by Gasteiger charge is -2.38. The van der Waals surface area contributed by atoms with E-state index in [1.807, 2.05) is 24.3 Å².